The summed E-state index contributed by atoms with van der Waals surface area (Å²) in [5.74, 6) is 0.359. The smallest absolute Gasteiger partial charge is 0.205 e. The molecule has 0 bridgehead atoms. The Hall–Kier alpha value is 0.830. The van der Waals surface area contributed by atoms with Crippen LogP contribution in [0.2, 0.25) is 0 Å². The summed E-state index contributed by atoms with van der Waals surface area (Å²) in [6, 6.07) is 1.96. The third-order valence-electron chi connectivity index (χ3n) is 2.99. The largest absolute Gasteiger partial charge is 0.506 e. The van der Waals surface area contributed by atoms with E-state index in [0.29, 0.717) is 5.75 Å². The minimum atomic E-state index is 0.0649. The van der Waals surface area contributed by atoms with Gasteiger partial charge in [0.2, 0.25) is 5.78 Å². The van der Waals surface area contributed by atoms with Crippen molar-refractivity contribution in [2.24, 2.45) is 0 Å². The molecule has 1 aromatic carbocycles. The van der Waals surface area contributed by atoms with Crippen molar-refractivity contribution in [3.8, 4) is 5.75 Å². The van der Waals surface area contributed by atoms with Crippen molar-refractivity contribution in [2.75, 3.05) is 0 Å². The first-order valence-electron chi connectivity index (χ1n) is 5.17. The van der Waals surface area contributed by atoms with Crippen LogP contribution in [0.1, 0.15) is 11.1 Å². The molecule has 6 heteroatoms. The molecule has 0 radical (unpaired) electrons. The number of hydrogen-bond acceptors (Lipinski definition) is 2. The highest BCUT2D eigenvalue weighted by atomic mass is 127. The maximum absolute atomic E-state index is 12.1. The number of fused-ring (bicyclic) bond motifs is 3. The number of Topliss-reactive ketones (excluding diaryl/α,β-unsaturated/α-hetero) is 1. The van der Waals surface area contributed by atoms with Crippen LogP contribution in [0.25, 0.3) is 11.6 Å². The van der Waals surface area contributed by atoms with Gasteiger partial charge >= 0.3 is 0 Å². The highest BCUT2D eigenvalue weighted by Crippen LogP contribution is 2.49. The van der Waals surface area contributed by atoms with E-state index < -0.39 is 0 Å². The lowest BCUT2D eigenvalue weighted by Crippen LogP contribution is -2.06. The average Bonchev–Trinajstić information content (AvgIpc) is 2.71. The third kappa shape index (κ3) is 2.24. The molecule has 1 aromatic rings. The van der Waals surface area contributed by atoms with Gasteiger partial charge in [-0.2, -0.15) is 0 Å². The Labute approximate surface area is 164 Å². The molecule has 0 amide bonds. The van der Waals surface area contributed by atoms with E-state index in [2.05, 4.69) is 96.4 Å². The number of rotatable bonds is 0. The minimum Gasteiger partial charge on any atom is -0.506 e. The number of ketones is 1. The Morgan fingerprint density at radius 3 is 2.42 bits per heavy atom. The van der Waals surface area contributed by atoms with Gasteiger partial charge in [0.25, 0.3) is 0 Å². The van der Waals surface area contributed by atoms with Crippen LogP contribution in [0.5, 0.6) is 5.75 Å². The van der Waals surface area contributed by atoms with E-state index in [1.54, 1.807) is 0 Å². The molecule has 0 saturated heterocycles. The molecule has 19 heavy (non-hydrogen) atoms. The van der Waals surface area contributed by atoms with Crippen molar-refractivity contribution >= 4 is 108 Å². The second-order valence-corrected chi connectivity index (χ2v) is 8.58. The molecule has 0 saturated carbocycles. The Morgan fingerprint density at radius 1 is 1.05 bits per heavy atom. The van der Waals surface area contributed by atoms with Gasteiger partial charge in [0, 0.05) is 11.1 Å². The van der Waals surface area contributed by atoms with Crippen LogP contribution in [0.3, 0.4) is 0 Å². The number of phenols is 1. The van der Waals surface area contributed by atoms with E-state index in [4.69, 9.17) is 0 Å². The Balaban J connectivity index is 2.37. The normalized spacial score (nSPS) is 17.2. The lowest BCUT2D eigenvalue weighted by Gasteiger charge is -2.15. The van der Waals surface area contributed by atoms with Crippen LogP contribution in [-0.2, 0) is 4.79 Å². The summed E-state index contributed by atoms with van der Waals surface area (Å²) in [7, 11) is 0. The zero-order valence-electron chi connectivity index (χ0n) is 9.10. The van der Waals surface area contributed by atoms with Crippen LogP contribution >= 0.6 is 90.4 Å². The maximum Gasteiger partial charge on any atom is 0.205 e. The van der Waals surface area contributed by atoms with Crippen molar-refractivity contribution < 1.29 is 9.90 Å². The van der Waals surface area contributed by atoms with Gasteiger partial charge in [-0.1, -0.05) is 0 Å². The van der Waals surface area contributed by atoms with Crippen LogP contribution in [0, 0.1) is 7.14 Å². The molecular weight excluding hydrogens is 696 g/mol. The maximum atomic E-state index is 12.1. The Morgan fingerprint density at radius 2 is 1.74 bits per heavy atom. The highest BCUT2D eigenvalue weighted by Gasteiger charge is 2.31. The van der Waals surface area contributed by atoms with Gasteiger partial charge in [-0.3, -0.25) is 4.79 Å². The molecular formula is C13H4I4O2. The van der Waals surface area contributed by atoms with Crippen molar-refractivity contribution in [1.82, 2.24) is 0 Å². The number of phenolic OH excluding ortho intramolecular Hbond substituents is 1. The summed E-state index contributed by atoms with van der Waals surface area (Å²) < 4.78 is 3.11. The molecule has 0 fully saturated rings. The number of halogens is 4. The molecule has 0 spiro atoms. The van der Waals surface area contributed by atoms with E-state index in [1.165, 1.54) is 0 Å². The first-order chi connectivity index (χ1) is 8.91. The fourth-order valence-electron chi connectivity index (χ4n) is 2.15. The van der Waals surface area contributed by atoms with Gasteiger partial charge in [0.1, 0.15) is 5.75 Å². The SMILES string of the molecule is O=C1C(I)=CC2=Cc3cc(I)c(O)c(I)c3C2=C1I. The zero-order valence-corrected chi connectivity index (χ0v) is 17.7. The summed E-state index contributed by atoms with van der Waals surface area (Å²) in [5.41, 5.74) is 4.06. The molecule has 0 unspecified atom stereocenters. The molecule has 0 aromatic heterocycles. The number of allylic oxidation sites excluding steroid dienone is 5. The predicted octanol–water partition coefficient (Wildman–Crippen LogP) is 5.05. The van der Waals surface area contributed by atoms with Gasteiger partial charge in [-0.25, -0.2) is 0 Å². The molecule has 96 valence electrons. The van der Waals surface area contributed by atoms with Crippen LogP contribution in [-0.4, -0.2) is 10.9 Å². The van der Waals surface area contributed by atoms with Gasteiger partial charge in [0.15, 0.2) is 0 Å². The quantitative estimate of drug-likeness (QED) is 0.386. The van der Waals surface area contributed by atoms with Crippen molar-refractivity contribution in [3.63, 3.8) is 0 Å². The lowest BCUT2D eigenvalue weighted by atomic mass is 9.97. The average molecular weight is 700 g/mol. The second-order valence-electron chi connectivity index (χ2n) is 4.10. The molecule has 1 N–H and O–H groups in total. The Kier molecular flexibility index (Phi) is 4.06. The summed E-state index contributed by atoms with van der Waals surface area (Å²) in [6.45, 7) is 0. The third-order valence-corrected chi connectivity index (χ3v) is 6.70. The van der Waals surface area contributed by atoms with Crippen molar-refractivity contribution in [1.29, 1.82) is 0 Å². The Bertz CT molecular complexity index is 742. The molecule has 2 aliphatic rings. The van der Waals surface area contributed by atoms with Gasteiger partial charge in [0.05, 0.1) is 14.3 Å². The number of carbonyl (C=O) groups is 1. The summed E-state index contributed by atoms with van der Waals surface area (Å²) in [5, 5.41) is 10.1. The number of hydrogen-bond donors (Lipinski definition) is 1. The van der Waals surface area contributed by atoms with Gasteiger partial charge in [-0.15, -0.1) is 0 Å². The summed E-state index contributed by atoms with van der Waals surface area (Å²) in [6.07, 6.45) is 4.00. The number of benzene rings is 1. The van der Waals surface area contributed by atoms with Crippen LogP contribution in [0.4, 0.5) is 0 Å². The first-order valence-corrected chi connectivity index (χ1v) is 9.48. The summed E-state index contributed by atoms with van der Waals surface area (Å²) in [4.78, 5) is 12.1. The van der Waals surface area contributed by atoms with E-state index >= 15 is 0 Å². The van der Waals surface area contributed by atoms with Crippen molar-refractivity contribution in [2.45, 2.75) is 0 Å². The standard InChI is InChI=1S/C13H4I4O2/c14-6-2-4-1-5-3-7(15)13(19)11(17)9(5)8(4)10(16)12(6)18/h1-3,18H. The molecule has 3 rings (SSSR count). The predicted molar refractivity (Wildman–Crippen MR) is 110 cm³/mol. The van der Waals surface area contributed by atoms with Crippen LogP contribution < -0.4 is 0 Å². The van der Waals surface area contributed by atoms with E-state index in [0.717, 1.165) is 36.6 Å². The highest BCUT2D eigenvalue weighted by molar-refractivity contribution is 14.1. The van der Waals surface area contributed by atoms with E-state index in [9.17, 15) is 9.90 Å². The topological polar surface area (TPSA) is 37.3 Å². The second kappa shape index (κ2) is 5.23. The fraction of sp³-hybridized carbons (Fsp3) is 0. The van der Waals surface area contributed by atoms with E-state index in [-0.39, 0.29) is 5.78 Å². The van der Waals surface area contributed by atoms with Crippen LogP contribution in [0.15, 0.2) is 24.9 Å². The first kappa shape index (κ1) is 14.8. The lowest BCUT2D eigenvalue weighted by molar-refractivity contribution is -0.110. The zero-order chi connectivity index (χ0) is 13.9. The number of carbonyl (C=O) groups excluding carboxylic acids is 1. The minimum absolute atomic E-state index is 0.0649. The van der Waals surface area contributed by atoms with Crippen molar-refractivity contribution in [3.05, 3.63) is 43.1 Å². The van der Waals surface area contributed by atoms with Gasteiger partial charge < -0.3 is 5.11 Å². The molecule has 2 aliphatic carbocycles. The number of aromatic hydroxyl groups is 1. The molecule has 0 aliphatic heterocycles. The fourth-order valence-corrected chi connectivity index (χ4v) is 6.14. The van der Waals surface area contributed by atoms with E-state index in [1.807, 2.05) is 12.1 Å². The summed E-state index contributed by atoms with van der Waals surface area (Å²) >= 11 is 8.45. The molecule has 0 atom stereocenters. The molecule has 2 nitrogen and oxygen atoms in total. The molecule has 0 heterocycles. The monoisotopic (exact) mass is 700 g/mol. The van der Waals surface area contributed by atoms with Gasteiger partial charge in [-0.05, 0) is 120 Å².